The van der Waals surface area contributed by atoms with E-state index in [0.29, 0.717) is 17.4 Å². The third kappa shape index (κ3) is 5.53. The number of aromatic nitrogens is 3. The first-order valence-corrected chi connectivity index (χ1v) is 10.9. The van der Waals surface area contributed by atoms with E-state index in [2.05, 4.69) is 41.0 Å². The van der Waals surface area contributed by atoms with Crippen LogP contribution in [0.2, 0.25) is 0 Å². The number of fused-ring (bicyclic) bond motifs is 1. The van der Waals surface area contributed by atoms with Gasteiger partial charge in [0.15, 0.2) is 0 Å². The van der Waals surface area contributed by atoms with Gasteiger partial charge in [0.2, 0.25) is 0 Å². The fourth-order valence-electron chi connectivity index (χ4n) is 3.71. The van der Waals surface area contributed by atoms with Crippen LogP contribution in [0.4, 0.5) is 5.82 Å². The lowest BCUT2D eigenvalue weighted by molar-refractivity contribution is 0.508. The molecule has 0 amide bonds. The maximum atomic E-state index is 6.45. The first-order chi connectivity index (χ1) is 15.8. The van der Waals surface area contributed by atoms with Crippen LogP contribution in [0.15, 0.2) is 65.7 Å². The van der Waals surface area contributed by atoms with Crippen LogP contribution in [0, 0.1) is 11.8 Å². The van der Waals surface area contributed by atoms with Gasteiger partial charge in [-0.15, -0.1) is 0 Å². The summed E-state index contributed by atoms with van der Waals surface area (Å²) in [6.45, 7) is 6.26. The Morgan fingerprint density at radius 1 is 1.09 bits per heavy atom. The molecule has 0 aliphatic heterocycles. The van der Waals surface area contributed by atoms with Crippen LogP contribution >= 0.6 is 0 Å². The van der Waals surface area contributed by atoms with Crippen LogP contribution < -0.4 is 22.5 Å². The Hall–Kier alpha value is -3.78. The largest absolute Gasteiger partial charge is 0.405 e. The molecule has 3 aromatic heterocycles. The van der Waals surface area contributed by atoms with E-state index in [0.717, 1.165) is 33.3 Å². The summed E-state index contributed by atoms with van der Waals surface area (Å²) in [5, 5.41) is 3.30. The summed E-state index contributed by atoms with van der Waals surface area (Å²) < 4.78 is 0. The highest BCUT2D eigenvalue weighted by molar-refractivity contribution is 6.19. The smallest absolute Gasteiger partial charge is 0.128 e. The number of allylic oxidation sites excluding steroid dienone is 1. The van der Waals surface area contributed by atoms with Crippen LogP contribution in [-0.4, -0.2) is 34.4 Å². The fourth-order valence-corrected chi connectivity index (χ4v) is 3.71. The number of aliphatic imine (C=N–C) groups is 1. The van der Waals surface area contributed by atoms with Crippen LogP contribution in [0.25, 0.3) is 22.3 Å². The van der Waals surface area contributed by atoms with E-state index in [1.54, 1.807) is 38.1 Å². The van der Waals surface area contributed by atoms with Crippen molar-refractivity contribution in [3.05, 3.63) is 71.8 Å². The van der Waals surface area contributed by atoms with Gasteiger partial charge in [-0.25, -0.2) is 4.98 Å². The fraction of sp³-hybridized carbons (Fsp3) is 0.280. The molecule has 3 aromatic rings. The standard InChI is InChI=1S/C25H32N8/c1-15(2)19(11-26)16(3)25(28)33-23-8-7-21-22(32-23)10-18(13-31-21)20(14-29-4)24(27)17-6-5-9-30-12-17/h5-16,25H,26-28H2,1-4H3,(H,32,33)/b19-11-,24-20?,29-14?. The van der Waals surface area contributed by atoms with Gasteiger partial charge in [0.1, 0.15) is 5.82 Å². The second kappa shape index (κ2) is 10.7. The Morgan fingerprint density at radius 3 is 2.52 bits per heavy atom. The number of nitrogens with zero attached hydrogens (tertiary/aromatic N) is 4. The molecule has 0 aliphatic carbocycles. The molecule has 0 aliphatic rings. The van der Waals surface area contributed by atoms with Crippen molar-refractivity contribution in [2.24, 2.45) is 34.0 Å². The molecule has 33 heavy (non-hydrogen) atoms. The summed E-state index contributed by atoms with van der Waals surface area (Å²) in [4.78, 5) is 17.6. The number of hydrogen-bond donors (Lipinski definition) is 4. The minimum atomic E-state index is -0.341. The van der Waals surface area contributed by atoms with Crippen molar-refractivity contribution in [1.82, 2.24) is 15.0 Å². The van der Waals surface area contributed by atoms with Gasteiger partial charge in [-0.1, -0.05) is 20.8 Å². The first kappa shape index (κ1) is 23.9. The van der Waals surface area contributed by atoms with Crippen molar-refractivity contribution >= 4 is 34.3 Å². The van der Waals surface area contributed by atoms with E-state index in [1.807, 2.05) is 30.3 Å². The van der Waals surface area contributed by atoms with Crippen LogP contribution in [0.5, 0.6) is 0 Å². The Bertz CT molecular complexity index is 1180. The SMILES string of the molecule is CN=CC(=C(N)c1cccnc1)c1cnc2ccc(NC(N)C(C)/C(=C\N)C(C)C)nc2c1. The van der Waals surface area contributed by atoms with Gasteiger partial charge >= 0.3 is 0 Å². The molecule has 172 valence electrons. The maximum Gasteiger partial charge on any atom is 0.128 e. The van der Waals surface area contributed by atoms with Crippen molar-refractivity contribution in [2.75, 3.05) is 12.4 Å². The van der Waals surface area contributed by atoms with E-state index in [1.165, 1.54) is 0 Å². The second-order valence-electron chi connectivity index (χ2n) is 8.20. The quantitative estimate of drug-likeness (QED) is 0.308. The lowest BCUT2D eigenvalue weighted by Gasteiger charge is -2.26. The molecule has 2 unspecified atom stereocenters. The molecular formula is C25H32N8. The molecule has 7 N–H and O–H groups in total. The third-order valence-electron chi connectivity index (χ3n) is 5.61. The lowest BCUT2D eigenvalue weighted by atomic mass is 9.90. The zero-order valence-corrected chi connectivity index (χ0v) is 19.5. The minimum absolute atomic E-state index is 0.0477. The van der Waals surface area contributed by atoms with Crippen LogP contribution in [0.1, 0.15) is 31.9 Å². The average Bonchev–Trinajstić information content (AvgIpc) is 2.82. The predicted molar refractivity (Wildman–Crippen MR) is 137 cm³/mol. The Morgan fingerprint density at radius 2 is 1.88 bits per heavy atom. The van der Waals surface area contributed by atoms with Crippen LogP contribution in [0.3, 0.4) is 0 Å². The summed E-state index contributed by atoms with van der Waals surface area (Å²) in [5.74, 6) is 1.02. The monoisotopic (exact) mass is 444 g/mol. The number of hydrogen-bond acceptors (Lipinski definition) is 8. The number of anilines is 1. The van der Waals surface area contributed by atoms with Gasteiger partial charge in [-0.2, -0.15) is 0 Å². The number of pyridine rings is 3. The van der Waals surface area contributed by atoms with Gasteiger partial charge in [0.05, 0.1) is 17.2 Å². The summed E-state index contributed by atoms with van der Waals surface area (Å²) in [5.41, 5.74) is 24.2. The number of nitrogens with one attached hydrogen (secondary N) is 1. The molecule has 8 heteroatoms. The van der Waals surface area contributed by atoms with Crippen molar-refractivity contribution in [3.63, 3.8) is 0 Å². The van der Waals surface area contributed by atoms with Gasteiger partial charge in [0.25, 0.3) is 0 Å². The van der Waals surface area contributed by atoms with Crippen molar-refractivity contribution in [3.8, 4) is 0 Å². The predicted octanol–water partition coefficient (Wildman–Crippen LogP) is 3.38. The Kier molecular flexibility index (Phi) is 7.74. The highest BCUT2D eigenvalue weighted by atomic mass is 15.1. The summed E-state index contributed by atoms with van der Waals surface area (Å²) in [6.07, 6.45) is 8.23. The molecule has 0 bridgehead atoms. The molecule has 8 nitrogen and oxygen atoms in total. The lowest BCUT2D eigenvalue weighted by Crippen LogP contribution is -2.38. The molecule has 0 saturated carbocycles. The average molecular weight is 445 g/mol. The molecule has 3 rings (SSSR count). The molecule has 0 aromatic carbocycles. The molecule has 3 heterocycles. The van der Waals surface area contributed by atoms with E-state index < -0.39 is 0 Å². The normalized spacial score (nSPS) is 15.0. The third-order valence-corrected chi connectivity index (χ3v) is 5.61. The maximum absolute atomic E-state index is 6.45. The molecule has 0 saturated heterocycles. The summed E-state index contributed by atoms with van der Waals surface area (Å²) in [6, 6.07) is 9.48. The highest BCUT2D eigenvalue weighted by Crippen LogP contribution is 2.25. The summed E-state index contributed by atoms with van der Waals surface area (Å²) >= 11 is 0. The molecular weight excluding hydrogens is 412 g/mol. The molecule has 0 fully saturated rings. The van der Waals surface area contributed by atoms with E-state index in [-0.39, 0.29) is 12.1 Å². The minimum Gasteiger partial charge on any atom is -0.405 e. The highest BCUT2D eigenvalue weighted by Gasteiger charge is 2.20. The van der Waals surface area contributed by atoms with Crippen LogP contribution in [-0.2, 0) is 0 Å². The Balaban J connectivity index is 1.96. The molecule has 2 atom stereocenters. The van der Waals surface area contributed by atoms with Crippen molar-refractivity contribution < 1.29 is 0 Å². The van der Waals surface area contributed by atoms with E-state index >= 15 is 0 Å². The number of nitrogens with two attached hydrogens (primary N) is 3. The van der Waals surface area contributed by atoms with E-state index in [4.69, 9.17) is 22.2 Å². The number of rotatable bonds is 8. The molecule has 0 spiro atoms. The summed E-state index contributed by atoms with van der Waals surface area (Å²) in [7, 11) is 1.70. The zero-order valence-electron chi connectivity index (χ0n) is 19.5. The van der Waals surface area contributed by atoms with Gasteiger partial charge in [-0.3, -0.25) is 15.0 Å². The zero-order chi connectivity index (χ0) is 24.0. The second-order valence-corrected chi connectivity index (χ2v) is 8.20. The topological polar surface area (TPSA) is 141 Å². The first-order valence-electron chi connectivity index (χ1n) is 10.9. The Labute approximate surface area is 194 Å². The van der Waals surface area contributed by atoms with Gasteiger partial charge < -0.3 is 22.5 Å². The van der Waals surface area contributed by atoms with Gasteiger partial charge in [0, 0.05) is 60.2 Å². The van der Waals surface area contributed by atoms with E-state index in [9.17, 15) is 0 Å². The van der Waals surface area contributed by atoms with Crippen molar-refractivity contribution in [1.29, 1.82) is 0 Å². The van der Waals surface area contributed by atoms with Crippen molar-refractivity contribution in [2.45, 2.75) is 26.9 Å². The molecule has 0 radical (unpaired) electrons. The van der Waals surface area contributed by atoms with Gasteiger partial charge in [-0.05, 0) is 48.0 Å².